The van der Waals surface area contributed by atoms with Gasteiger partial charge in [-0.25, -0.2) is 0 Å². The average Bonchev–Trinajstić information content (AvgIpc) is 2.74. The Bertz CT molecular complexity index is 568. The Labute approximate surface area is 167 Å². The number of rotatable bonds is 5. The Morgan fingerprint density at radius 3 is 2.00 bits per heavy atom. The molecule has 3 fully saturated rings. The van der Waals surface area contributed by atoms with Crippen LogP contribution in [0.3, 0.4) is 0 Å². The van der Waals surface area contributed by atoms with E-state index in [2.05, 4.69) is 31.2 Å². The van der Waals surface area contributed by atoms with Crippen molar-refractivity contribution in [3.05, 3.63) is 29.8 Å². The van der Waals surface area contributed by atoms with E-state index in [9.17, 15) is 0 Å². The third kappa shape index (κ3) is 4.54. The van der Waals surface area contributed by atoms with Crippen LogP contribution in [-0.4, -0.2) is 7.11 Å². The maximum Gasteiger partial charge on any atom is 0.118 e. The summed E-state index contributed by atoms with van der Waals surface area (Å²) >= 11 is 0. The van der Waals surface area contributed by atoms with E-state index in [1.807, 2.05) is 0 Å². The minimum absolute atomic E-state index is 0.790. The second-order valence-corrected chi connectivity index (χ2v) is 9.95. The summed E-state index contributed by atoms with van der Waals surface area (Å²) in [5, 5.41) is 0. The van der Waals surface area contributed by atoms with Crippen LogP contribution < -0.4 is 4.74 Å². The molecular formula is C26H40O. The quantitative estimate of drug-likeness (QED) is 0.520. The van der Waals surface area contributed by atoms with Crippen molar-refractivity contribution in [1.82, 2.24) is 0 Å². The minimum Gasteiger partial charge on any atom is -0.497 e. The van der Waals surface area contributed by atoms with Gasteiger partial charge < -0.3 is 4.74 Å². The molecule has 0 saturated heterocycles. The Hall–Kier alpha value is -0.980. The fourth-order valence-electron chi connectivity index (χ4n) is 6.89. The van der Waals surface area contributed by atoms with Crippen LogP contribution in [0.5, 0.6) is 5.75 Å². The van der Waals surface area contributed by atoms with Crippen molar-refractivity contribution in [2.24, 2.45) is 29.6 Å². The summed E-state index contributed by atoms with van der Waals surface area (Å²) in [5.41, 5.74) is 1.55. The molecule has 1 heteroatoms. The first-order chi connectivity index (χ1) is 13.3. The highest BCUT2D eigenvalue weighted by atomic mass is 16.5. The SMILES string of the molecule is CCCC1CCC([C@@H]2CC[C@@H]3C[C@H](c4ccc(OC)cc4)CC[C@@H]3C2)CC1. The molecule has 1 nitrogen and oxygen atoms in total. The van der Waals surface area contributed by atoms with Crippen LogP contribution in [0, 0.1) is 29.6 Å². The molecular weight excluding hydrogens is 328 g/mol. The van der Waals surface area contributed by atoms with Gasteiger partial charge in [0.15, 0.2) is 0 Å². The van der Waals surface area contributed by atoms with Gasteiger partial charge >= 0.3 is 0 Å². The Kier molecular flexibility index (Phi) is 6.46. The van der Waals surface area contributed by atoms with Crippen LogP contribution in [0.25, 0.3) is 0 Å². The molecule has 0 heterocycles. The van der Waals surface area contributed by atoms with E-state index in [1.54, 1.807) is 31.9 Å². The monoisotopic (exact) mass is 368 g/mol. The molecule has 0 amide bonds. The number of ether oxygens (including phenoxy) is 1. The molecule has 4 rings (SSSR count). The van der Waals surface area contributed by atoms with E-state index in [1.165, 1.54) is 57.8 Å². The molecule has 3 saturated carbocycles. The second-order valence-electron chi connectivity index (χ2n) is 9.95. The molecule has 0 aliphatic heterocycles. The van der Waals surface area contributed by atoms with Gasteiger partial charge in [0.25, 0.3) is 0 Å². The molecule has 0 bridgehead atoms. The number of fused-ring (bicyclic) bond motifs is 1. The third-order valence-electron chi connectivity index (χ3n) is 8.50. The largest absolute Gasteiger partial charge is 0.497 e. The van der Waals surface area contributed by atoms with Crippen molar-refractivity contribution in [2.45, 2.75) is 89.9 Å². The second kappa shape index (κ2) is 9.01. The van der Waals surface area contributed by atoms with Gasteiger partial charge in [-0.05, 0) is 105 Å². The van der Waals surface area contributed by atoms with Crippen molar-refractivity contribution < 1.29 is 4.74 Å². The lowest BCUT2D eigenvalue weighted by Gasteiger charge is -2.45. The molecule has 3 aliphatic carbocycles. The van der Waals surface area contributed by atoms with Crippen molar-refractivity contribution in [1.29, 1.82) is 0 Å². The normalized spacial score (nSPS) is 36.8. The zero-order valence-electron chi connectivity index (χ0n) is 17.7. The molecule has 1 aromatic carbocycles. The highest BCUT2D eigenvalue weighted by molar-refractivity contribution is 5.29. The van der Waals surface area contributed by atoms with E-state index < -0.39 is 0 Å². The van der Waals surface area contributed by atoms with E-state index in [4.69, 9.17) is 4.74 Å². The summed E-state index contributed by atoms with van der Waals surface area (Å²) in [7, 11) is 1.76. The summed E-state index contributed by atoms with van der Waals surface area (Å²) in [6.45, 7) is 2.36. The van der Waals surface area contributed by atoms with Gasteiger partial charge in [-0.2, -0.15) is 0 Å². The molecule has 27 heavy (non-hydrogen) atoms. The molecule has 0 radical (unpaired) electrons. The zero-order chi connectivity index (χ0) is 18.6. The van der Waals surface area contributed by atoms with E-state index in [0.29, 0.717) is 0 Å². The third-order valence-corrected chi connectivity index (χ3v) is 8.50. The van der Waals surface area contributed by atoms with Crippen molar-refractivity contribution in [3.63, 3.8) is 0 Å². The first-order valence-electron chi connectivity index (χ1n) is 11.9. The predicted octanol–water partition coefficient (Wildman–Crippen LogP) is 7.60. The lowest BCUT2D eigenvalue weighted by molar-refractivity contribution is 0.0712. The molecule has 0 N–H and O–H groups in total. The summed E-state index contributed by atoms with van der Waals surface area (Å²) in [4.78, 5) is 0. The van der Waals surface area contributed by atoms with Crippen LogP contribution in [-0.2, 0) is 0 Å². The van der Waals surface area contributed by atoms with Crippen LogP contribution in [0.15, 0.2) is 24.3 Å². The van der Waals surface area contributed by atoms with E-state index in [-0.39, 0.29) is 0 Å². The van der Waals surface area contributed by atoms with Gasteiger partial charge in [0.2, 0.25) is 0 Å². The van der Waals surface area contributed by atoms with Gasteiger partial charge in [-0.3, -0.25) is 0 Å². The summed E-state index contributed by atoms with van der Waals surface area (Å²) in [6.07, 6.45) is 17.9. The van der Waals surface area contributed by atoms with Gasteiger partial charge in [-0.1, -0.05) is 44.7 Å². The summed E-state index contributed by atoms with van der Waals surface area (Å²) in [5.74, 6) is 7.00. The maximum absolute atomic E-state index is 5.33. The lowest BCUT2D eigenvalue weighted by atomic mass is 9.60. The Balaban J connectivity index is 1.29. The Morgan fingerprint density at radius 2 is 1.33 bits per heavy atom. The van der Waals surface area contributed by atoms with E-state index >= 15 is 0 Å². The predicted molar refractivity (Wildman–Crippen MR) is 114 cm³/mol. The maximum atomic E-state index is 5.33. The zero-order valence-corrected chi connectivity index (χ0v) is 17.7. The number of hydrogen-bond donors (Lipinski definition) is 0. The van der Waals surface area contributed by atoms with Gasteiger partial charge in [0, 0.05) is 0 Å². The first kappa shape index (κ1) is 19.3. The lowest BCUT2D eigenvalue weighted by Crippen LogP contribution is -2.34. The van der Waals surface area contributed by atoms with Crippen molar-refractivity contribution in [3.8, 4) is 5.75 Å². The Morgan fingerprint density at radius 1 is 0.741 bits per heavy atom. The summed E-state index contributed by atoms with van der Waals surface area (Å²) < 4.78 is 5.33. The standard InChI is InChI=1S/C26H40O/c1-3-4-19-5-7-20(8-6-19)22-9-11-25-18-23(10-12-24(25)17-22)21-13-15-26(27-2)16-14-21/h13-16,19-20,22-25H,3-12,17-18H2,1-2H3/t19?,20?,22-,23-,24-,25-/m1/s1. The number of hydrogen-bond acceptors (Lipinski definition) is 1. The number of methoxy groups -OCH3 is 1. The fourth-order valence-corrected chi connectivity index (χ4v) is 6.89. The van der Waals surface area contributed by atoms with Crippen LogP contribution >= 0.6 is 0 Å². The number of benzene rings is 1. The fraction of sp³-hybridized carbons (Fsp3) is 0.769. The molecule has 0 spiro atoms. The van der Waals surface area contributed by atoms with Crippen molar-refractivity contribution in [2.75, 3.05) is 7.11 Å². The van der Waals surface area contributed by atoms with Gasteiger partial charge in [0.1, 0.15) is 5.75 Å². The minimum atomic E-state index is 0.790. The van der Waals surface area contributed by atoms with Crippen LogP contribution in [0.4, 0.5) is 0 Å². The van der Waals surface area contributed by atoms with E-state index in [0.717, 1.165) is 41.3 Å². The van der Waals surface area contributed by atoms with Gasteiger partial charge in [0.05, 0.1) is 7.11 Å². The highest BCUT2D eigenvalue weighted by Gasteiger charge is 2.38. The molecule has 3 aliphatic rings. The molecule has 4 atom stereocenters. The molecule has 0 aromatic heterocycles. The average molecular weight is 369 g/mol. The molecule has 0 unspecified atom stereocenters. The van der Waals surface area contributed by atoms with Crippen LogP contribution in [0.2, 0.25) is 0 Å². The summed E-state index contributed by atoms with van der Waals surface area (Å²) in [6, 6.07) is 8.91. The molecule has 150 valence electrons. The highest BCUT2D eigenvalue weighted by Crippen LogP contribution is 2.51. The van der Waals surface area contributed by atoms with Gasteiger partial charge in [-0.15, -0.1) is 0 Å². The molecule has 1 aromatic rings. The van der Waals surface area contributed by atoms with Crippen molar-refractivity contribution >= 4 is 0 Å². The first-order valence-corrected chi connectivity index (χ1v) is 11.9. The smallest absolute Gasteiger partial charge is 0.118 e. The van der Waals surface area contributed by atoms with Crippen LogP contribution in [0.1, 0.15) is 95.5 Å². The topological polar surface area (TPSA) is 9.23 Å².